The third kappa shape index (κ3) is 2.80. The summed E-state index contributed by atoms with van der Waals surface area (Å²) >= 11 is 0. The molecule has 0 saturated carbocycles. The minimum Gasteiger partial charge on any atom is -0.254 e. The van der Waals surface area contributed by atoms with Crippen molar-refractivity contribution in [3.05, 3.63) is 59.8 Å². The van der Waals surface area contributed by atoms with E-state index in [1.807, 2.05) is 25.3 Å². The number of rotatable bonds is 1. The molecule has 0 aliphatic carbocycles. The molecule has 0 atom stereocenters. The van der Waals surface area contributed by atoms with E-state index in [9.17, 15) is 0 Å². The van der Waals surface area contributed by atoms with Crippen LogP contribution >= 0.6 is 0 Å². The Kier molecular flexibility index (Phi) is 3.25. The first-order valence-corrected chi connectivity index (χ1v) is 7.28. The van der Waals surface area contributed by atoms with E-state index >= 15 is 0 Å². The van der Waals surface area contributed by atoms with E-state index in [4.69, 9.17) is 4.98 Å². The maximum Gasteiger partial charge on any atom is 0.0893 e. The van der Waals surface area contributed by atoms with Crippen molar-refractivity contribution < 1.29 is 0 Å². The Morgan fingerprint density at radius 1 is 0.857 bits per heavy atom. The number of aryl methyl sites for hydroxylation is 1. The van der Waals surface area contributed by atoms with Gasteiger partial charge in [-0.3, -0.25) is 4.98 Å². The molecular weight excluding hydrogens is 256 g/mol. The number of fused-ring (bicyclic) bond motifs is 1. The van der Waals surface area contributed by atoms with Crippen molar-refractivity contribution >= 4 is 10.9 Å². The van der Waals surface area contributed by atoms with Crippen LogP contribution < -0.4 is 0 Å². The molecule has 3 aromatic rings. The van der Waals surface area contributed by atoms with Gasteiger partial charge in [0.25, 0.3) is 0 Å². The molecule has 0 N–H and O–H groups in total. The van der Waals surface area contributed by atoms with Gasteiger partial charge in [-0.05, 0) is 47.7 Å². The number of aromatic nitrogens is 2. The fraction of sp³-hybridized carbons (Fsp3) is 0.263. The Hall–Kier alpha value is -2.22. The smallest absolute Gasteiger partial charge is 0.0893 e. The first-order chi connectivity index (χ1) is 9.93. The Morgan fingerprint density at radius 2 is 1.62 bits per heavy atom. The number of pyridine rings is 2. The van der Waals surface area contributed by atoms with Crippen molar-refractivity contribution in [2.24, 2.45) is 0 Å². The Labute approximate surface area is 125 Å². The predicted octanol–water partition coefficient (Wildman–Crippen LogP) is 4.90. The molecule has 0 amide bonds. The zero-order chi connectivity index (χ0) is 15.0. The third-order valence-electron chi connectivity index (χ3n) is 3.73. The van der Waals surface area contributed by atoms with Crippen molar-refractivity contribution in [1.29, 1.82) is 0 Å². The summed E-state index contributed by atoms with van der Waals surface area (Å²) in [6, 6.07) is 14.8. The molecule has 0 spiro atoms. The summed E-state index contributed by atoms with van der Waals surface area (Å²) in [5.74, 6) is 0. The molecule has 2 aromatic heterocycles. The highest BCUT2D eigenvalue weighted by Crippen LogP contribution is 2.26. The molecule has 21 heavy (non-hydrogen) atoms. The minimum absolute atomic E-state index is 0.158. The second-order valence-electron chi connectivity index (χ2n) is 6.57. The molecule has 2 nitrogen and oxygen atoms in total. The minimum atomic E-state index is 0.158. The number of benzene rings is 1. The van der Waals surface area contributed by atoms with Crippen molar-refractivity contribution in [3.8, 4) is 11.4 Å². The molecule has 1 aromatic carbocycles. The third-order valence-corrected chi connectivity index (χ3v) is 3.73. The first-order valence-electron chi connectivity index (χ1n) is 7.28. The van der Waals surface area contributed by atoms with Crippen LogP contribution in [0.3, 0.4) is 0 Å². The van der Waals surface area contributed by atoms with Crippen molar-refractivity contribution in [2.45, 2.75) is 33.1 Å². The summed E-state index contributed by atoms with van der Waals surface area (Å²) in [7, 11) is 0. The summed E-state index contributed by atoms with van der Waals surface area (Å²) in [5.41, 5.74) is 5.51. The largest absolute Gasteiger partial charge is 0.254 e. The SMILES string of the molecule is Cc1ccc(-c2ccc3cc(C(C)(C)C)ccc3n2)nc1. The average molecular weight is 276 g/mol. The van der Waals surface area contributed by atoms with Crippen LogP contribution in [0.15, 0.2) is 48.7 Å². The lowest BCUT2D eigenvalue weighted by Crippen LogP contribution is -2.10. The second kappa shape index (κ2) is 4.96. The van der Waals surface area contributed by atoms with Gasteiger partial charge in [0.05, 0.1) is 16.9 Å². The van der Waals surface area contributed by atoms with Crippen LogP contribution in [0.1, 0.15) is 31.9 Å². The highest BCUT2D eigenvalue weighted by molar-refractivity contribution is 5.82. The summed E-state index contributed by atoms with van der Waals surface area (Å²) in [4.78, 5) is 9.19. The molecule has 2 heteroatoms. The molecule has 3 rings (SSSR count). The van der Waals surface area contributed by atoms with Crippen LogP contribution in [0.5, 0.6) is 0 Å². The van der Waals surface area contributed by atoms with Gasteiger partial charge in [-0.2, -0.15) is 0 Å². The van der Waals surface area contributed by atoms with Gasteiger partial charge in [0, 0.05) is 11.6 Å². The van der Waals surface area contributed by atoms with Gasteiger partial charge in [-0.1, -0.05) is 39.0 Å². The van der Waals surface area contributed by atoms with Gasteiger partial charge in [0.2, 0.25) is 0 Å². The molecular formula is C19H20N2. The van der Waals surface area contributed by atoms with Crippen LogP contribution in [-0.2, 0) is 5.41 Å². The van der Waals surface area contributed by atoms with Gasteiger partial charge in [0.15, 0.2) is 0 Å². The zero-order valence-electron chi connectivity index (χ0n) is 13.0. The maximum atomic E-state index is 4.74. The van der Waals surface area contributed by atoms with Crippen molar-refractivity contribution in [3.63, 3.8) is 0 Å². The highest BCUT2D eigenvalue weighted by atomic mass is 14.8. The highest BCUT2D eigenvalue weighted by Gasteiger charge is 2.14. The molecule has 0 radical (unpaired) electrons. The second-order valence-corrected chi connectivity index (χ2v) is 6.57. The average Bonchev–Trinajstić information content (AvgIpc) is 2.46. The van der Waals surface area contributed by atoms with Crippen LogP contribution in [0, 0.1) is 6.92 Å². The lowest BCUT2D eigenvalue weighted by molar-refractivity contribution is 0.591. The van der Waals surface area contributed by atoms with Crippen LogP contribution in [0.4, 0.5) is 0 Å². The summed E-state index contributed by atoms with van der Waals surface area (Å²) in [5, 5.41) is 1.18. The fourth-order valence-electron chi connectivity index (χ4n) is 2.35. The first kappa shape index (κ1) is 13.7. The quantitative estimate of drug-likeness (QED) is 0.631. The lowest BCUT2D eigenvalue weighted by atomic mass is 9.86. The number of nitrogens with zero attached hydrogens (tertiary/aromatic N) is 2. The topological polar surface area (TPSA) is 25.8 Å². The van der Waals surface area contributed by atoms with Gasteiger partial charge in [0.1, 0.15) is 0 Å². The Bertz CT molecular complexity index is 781. The van der Waals surface area contributed by atoms with E-state index in [1.165, 1.54) is 10.9 Å². The van der Waals surface area contributed by atoms with Crippen LogP contribution in [-0.4, -0.2) is 9.97 Å². The normalized spacial score (nSPS) is 11.8. The van der Waals surface area contributed by atoms with E-state index in [-0.39, 0.29) is 5.41 Å². The van der Waals surface area contributed by atoms with Crippen LogP contribution in [0.2, 0.25) is 0 Å². The lowest BCUT2D eigenvalue weighted by Gasteiger charge is -2.19. The van der Waals surface area contributed by atoms with Crippen molar-refractivity contribution in [2.75, 3.05) is 0 Å². The Morgan fingerprint density at radius 3 is 2.29 bits per heavy atom. The standard InChI is InChI=1S/C19H20N2/c1-13-5-8-17(20-12-13)18-9-6-14-11-15(19(2,3)4)7-10-16(14)21-18/h5-12H,1-4H3. The zero-order valence-corrected chi connectivity index (χ0v) is 13.0. The van der Waals surface area contributed by atoms with Gasteiger partial charge in [-0.25, -0.2) is 4.98 Å². The van der Waals surface area contributed by atoms with E-state index in [1.54, 1.807) is 0 Å². The van der Waals surface area contributed by atoms with Gasteiger partial charge in [-0.15, -0.1) is 0 Å². The monoisotopic (exact) mass is 276 g/mol. The molecule has 0 bridgehead atoms. The molecule has 0 aliphatic heterocycles. The summed E-state index contributed by atoms with van der Waals surface area (Å²) < 4.78 is 0. The van der Waals surface area contributed by atoms with Crippen molar-refractivity contribution in [1.82, 2.24) is 9.97 Å². The van der Waals surface area contributed by atoms with E-state index < -0.39 is 0 Å². The molecule has 0 saturated heterocycles. The van der Waals surface area contributed by atoms with Gasteiger partial charge >= 0.3 is 0 Å². The predicted molar refractivity (Wildman–Crippen MR) is 88.4 cm³/mol. The van der Waals surface area contributed by atoms with Crippen LogP contribution in [0.25, 0.3) is 22.3 Å². The van der Waals surface area contributed by atoms with E-state index in [2.05, 4.69) is 56.1 Å². The van der Waals surface area contributed by atoms with E-state index in [0.717, 1.165) is 22.5 Å². The molecule has 0 unspecified atom stereocenters. The summed E-state index contributed by atoms with van der Waals surface area (Å²) in [6.45, 7) is 8.73. The van der Waals surface area contributed by atoms with E-state index in [0.29, 0.717) is 0 Å². The number of hydrogen-bond donors (Lipinski definition) is 0. The summed E-state index contributed by atoms with van der Waals surface area (Å²) in [6.07, 6.45) is 1.88. The Balaban J connectivity index is 2.07. The molecule has 0 fully saturated rings. The maximum absolute atomic E-state index is 4.74. The molecule has 0 aliphatic rings. The fourth-order valence-corrected chi connectivity index (χ4v) is 2.35. The molecule has 106 valence electrons. The van der Waals surface area contributed by atoms with Gasteiger partial charge < -0.3 is 0 Å². The molecule has 2 heterocycles. The number of hydrogen-bond acceptors (Lipinski definition) is 2.